The molecule has 2 aliphatic carbocycles. The van der Waals surface area contributed by atoms with Gasteiger partial charge in [0, 0.05) is 19.6 Å². The van der Waals surface area contributed by atoms with E-state index in [1.165, 1.54) is 19.3 Å². The summed E-state index contributed by atoms with van der Waals surface area (Å²) in [7, 11) is 1.82. The molecule has 0 bridgehead atoms. The lowest BCUT2D eigenvalue weighted by atomic mass is 9.85. The van der Waals surface area contributed by atoms with Crippen molar-refractivity contribution in [3.63, 3.8) is 0 Å². The Balaban J connectivity index is 1.84. The molecular formula is C14H24N2O3. The topological polar surface area (TPSA) is 69.6 Å². The molecule has 5 nitrogen and oxygen atoms in total. The second-order valence-electron chi connectivity index (χ2n) is 6.18. The first-order valence-corrected chi connectivity index (χ1v) is 7.20. The fourth-order valence-corrected chi connectivity index (χ4v) is 3.01. The lowest BCUT2D eigenvalue weighted by molar-refractivity contribution is -0.143. The molecule has 108 valence electrons. The van der Waals surface area contributed by atoms with Gasteiger partial charge < -0.3 is 15.3 Å². The summed E-state index contributed by atoms with van der Waals surface area (Å²) in [6.45, 7) is 2.44. The van der Waals surface area contributed by atoms with Crippen LogP contribution in [-0.4, -0.2) is 41.6 Å². The summed E-state index contributed by atoms with van der Waals surface area (Å²) in [5, 5.41) is 11.9. The van der Waals surface area contributed by atoms with E-state index in [1.807, 2.05) is 7.05 Å². The molecule has 0 saturated heterocycles. The molecule has 2 unspecified atom stereocenters. The van der Waals surface area contributed by atoms with Crippen LogP contribution in [0.2, 0.25) is 0 Å². The van der Waals surface area contributed by atoms with E-state index in [0.717, 1.165) is 6.42 Å². The molecule has 2 saturated carbocycles. The van der Waals surface area contributed by atoms with Gasteiger partial charge in [-0.1, -0.05) is 19.8 Å². The molecule has 0 radical (unpaired) electrons. The fraction of sp³-hybridized carbons (Fsp3) is 0.857. The Morgan fingerprint density at radius 1 is 1.32 bits per heavy atom. The molecule has 0 spiro atoms. The van der Waals surface area contributed by atoms with Crippen molar-refractivity contribution in [3.05, 3.63) is 0 Å². The van der Waals surface area contributed by atoms with Crippen LogP contribution >= 0.6 is 0 Å². The number of hydrogen-bond donors (Lipinski definition) is 2. The van der Waals surface area contributed by atoms with Gasteiger partial charge >= 0.3 is 12.0 Å². The molecule has 2 fully saturated rings. The summed E-state index contributed by atoms with van der Waals surface area (Å²) >= 11 is 0. The first-order chi connectivity index (χ1) is 8.96. The van der Waals surface area contributed by atoms with E-state index >= 15 is 0 Å². The summed E-state index contributed by atoms with van der Waals surface area (Å²) in [6.07, 6.45) is 5.98. The lowest BCUT2D eigenvalue weighted by Gasteiger charge is -2.36. The SMILES string of the molecule is CC1CCCCC1N(C)C(=O)NCC1(C(=O)O)CC1. The Morgan fingerprint density at radius 2 is 1.95 bits per heavy atom. The van der Waals surface area contributed by atoms with Crippen molar-refractivity contribution in [3.8, 4) is 0 Å². The van der Waals surface area contributed by atoms with Crippen LogP contribution in [0.5, 0.6) is 0 Å². The molecule has 2 atom stereocenters. The Kier molecular flexibility index (Phi) is 4.02. The van der Waals surface area contributed by atoms with E-state index in [1.54, 1.807) is 4.90 Å². The van der Waals surface area contributed by atoms with E-state index in [9.17, 15) is 9.59 Å². The maximum absolute atomic E-state index is 12.1. The normalized spacial score (nSPS) is 28.5. The molecule has 0 heterocycles. The predicted molar refractivity (Wildman–Crippen MR) is 71.9 cm³/mol. The van der Waals surface area contributed by atoms with Gasteiger partial charge in [-0.3, -0.25) is 4.79 Å². The van der Waals surface area contributed by atoms with E-state index in [4.69, 9.17) is 5.11 Å². The zero-order valence-electron chi connectivity index (χ0n) is 11.8. The second-order valence-corrected chi connectivity index (χ2v) is 6.18. The molecular weight excluding hydrogens is 244 g/mol. The van der Waals surface area contributed by atoms with Gasteiger partial charge in [0.25, 0.3) is 0 Å². The molecule has 2 rings (SSSR count). The van der Waals surface area contributed by atoms with Gasteiger partial charge in [0.05, 0.1) is 5.41 Å². The van der Waals surface area contributed by atoms with Gasteiger partial charge in [-0.05, 0) is 31.6 Å². The van der Waals surface area contributed by atoms with Crippen molar-refractivity contribution < 1.29 is 14.7 Å². The van der Waals surface area contributed by atoms with Crippen LogP contribution in [-0.2, 0) is 4.79 Å². The number of carbonyl (C=O) groups excluding carboxylic acids is 1. The Labute approximate surface area is 114 Å². The summed E-state index contributed by atoms with van der Waals surface area (Å²) in [6, 6.07) is 0.153. The predicted octanol–water partition coefficient (Wildman–Crippen LogP) is 2.07. The maximum Gasteiger partial charge on any atom is 0.317 e. The van der Waals surface area contributed by atoms with E-state index in [0.29, 0.717) is 18.8 Å². The number of urea groups is 1. The monoisotopic (exact) mass is 268 g/mol. The zero-order chi connectivity index (χ0) is 14.0. The summed E-state index contributed by atoms with van der Waals surface area (Å²) < 4.78 is 0. The van der Waals surface area contributed by atoms with Crippen molar-refractivity contribution in [2.24, 2.45) is 11.3 Å². The quantitative estimate of drug-likeness (QED) is 0.820. The maximum atomic E-state index is 12.1. The summed E-state index contributed by atoms with van der Waals surface area (Å²) in [4.78, 5) is 24.9. The van der Waals surface area contributed by atoms with Gasteiger partial charge in [-0.25, -0.2) is 4.79 Å². The molecule has 19 heavy (non-hydrogen) atoms. The first-order valence-electron chi connectivity index (χ1n) is 7.20. The number of amides is 2. The number of aliphatic carboxylic acids is 1. The van der Waals surface area contributed by atoms with Crippen LogP contribution in [0.25, 0.3) is 0 Å². The first kappa shape index (κ1) is 14.2. The van der Waals surface area contributed by atoms with Crippen molar-refractivity contribution in [2.45, 2.75) is 51.5 Å². The van der Waals surface area contributed by atoms with Crippen LogP contribution < -0.4 is 5.32 Å². The Bertz CT molecular complexity index is 366. The number of hydrogen-bond acceptors (Lipinski definition) is 2. The van der Waals surface area contributed by atoms with Crippen molar-refractivity contribution in [1.82, 2.24) is 10.2 Å². The third-order valence-electron chi connectivity index (χ3n) is 4.77. The number of carboxylic acids is 1. The molecule has 0 aromatic rings. The zero-order valence-corrected chi connectivity index (χ0v) is 11.8. The second kappa shape index (κ2) is 5.39. The molecule has 0 aromatic heterocycles. The minimum absolute atomic E-state index is 0.133. The van der Waals surface area contributed by atoms with Crippen LogP contribution in [0.4, 0.5) is 4.79 Å². The molecule has 2 amide bonds. The summed E-state index contributed by atoms with van der Waals surface area (Å²) in [5.74, 6) is -0.264. The third kappa shape index (κ3) is 3.01. The smallest absolute Gasteiger partial charge is 0.317 e. The Morgan fingerprint density at radius 3 is 2.47 bits per heavy atom. The Hall–Kier alpha value is -1.26. The number of carbonyl (C=O) groups is 2. The van der Waals surface area contributed by atoms with Gasteiger partial charge in [-0.2, -0.15) is 0 Å². The molecule has 2 N–H and O–H groups in total. The van der Waals surface area contributed by atoms with Crippen LogP contribution in [0.1, 0.15) is 45.4 Å². The largest absolute Gasteiger partial charge is 0.481 e. The van der Waals surface area contributed by atoms with E-state index < -0.39 is 11.4 Å². The van der Waals surface area contributed by atoms with Crippen LogP contribution in [0.3, 0.4) is 0 Å². The average Bonchev–Trinajstić information content (AvgIpc) is 3.17. The minimum Gasteiger partial charge on any atom is -0.481 e. The highest BCUT2D eigenvalue weighted by Crippen LogP contribution is 2.45. The van der Waals surface area contributed by atoms with Crippen molar-refractivity contribution in [2.75, 3.05) is 13.6 Å². The van der Waals surface area contributed by atoms with Gasteiger partial charge in [0.15, 0.2) is 0 Å². The standard InChI is InChI=1S/C14H24N2O3/c1-10-5-3-4-6-11(10)16(2)13(19)15-9-14(7-8-14)12(17)18/h10-11H,3-9H2,1-2H3,(H,15,19)(H,17,18). The van der Waals surface area contributed by atoms with Gasteiger partial charge in [-0.15, -0.1) is 0 Å². The summed E-state index contributed by atoms with van der Waals surface area (Å²) in [5.41, 5.74) is -0.686. The number of nitrogens with zero attached hydrogens (tertiary/aromatic N) is 1. The van der Waals surface area contributed by atoms with Crippen LogP contribution in [0.15, 0.2) is 0 Å². The third-order valence-corrected chi connectivity index (χ3v) is 4.77. The highest BCUT2D eigenvalue weighted by Gasteiger charge is 2.50. The lowest BCUT2D eigenvalue weighted by Crippen LogP contribution is -2.49. The number of nitrogens with one attached hydrogen (secondary N) is 1. The molecule has 2 aliphatic rings. The van der Waals surface area contributed by atoms with Crippen molar-refractivity contribution in [1.29, 1.82) is 0 Å². The highest BCUT2D eigenvalue weighted by atomic mass is 16.4. The number of rotatable bonds is 4. The van der Waals surface area contributed by atoms with Crippen LogP contribution in [0, 0.1) is 11.3 Å². The van der Waals surface area contributed by atoms with Gasteiger partial charge in [0.2, 0.25) is 0 Å². The van der Waals surface area contributed by atoms with E-state index in [2.05, 4.69) is 12.2 Å². The van der Waals surface area contributed by atoms with Gasteiger partial charge in [0.1, 0.15) is 0 Å². The minimum atomic E-state index is -0.790. The van der Waals surface area contributed by atoms with Crippen molar-refractivity contribution >= 4 is 12.0 Å². The fourth-order valence-electron chi connectivity index (χ4n) is 3.01. The molecule has 0 aromatic carbocycles. The van der Waals surface area contributed by atoms with E-state index in [-0.39, 0.29) is 18.6 Å². The number of carboxylic acid groups (broad SMARTS) is 1. The molecule has 0 aliphatic heterocycles. The molecule has 5 heteroatoms. The highest BCUT2D eigenvalue weighted by molar-refractivity contribution is 5.80. The average molecular weight is 268 g/mol.